The van der Waals surface area contributed by atoms with Crippen molar-refractivity contribution >= 4 is 5.91 Å². The van der Waals surface area contributed by atoms with Gasteiger partial charge in [-0.1, -0.05) is 6.07 Å². The van der Waals surface area contributed by atoms with Crippen molar-refractivity contribution in [2.75, 3.05) is 19.6 Å². The predicted octanol–water partition coefficient (Wildman–Crippen LogP) is 0.770. The summed E-state index contributed by atoms with van der Waals surface area (Å²) in [6.07, 6.45) is 3.66. The van der Waals surface area contributed by atoms with Gasteiger partial charge < -0.3 is 10.6 Å². The molecule has 2 rings (SSSR count). The number of rotatable bonds is 3. The van der Waals surface area contributed by atoms with E-state index < -0.39 is 0 Å². The molecule has 1 amide bonds. The molecular formula is C15H24N4O. The summed E-state index contributed by atoms with van der Waals surface area (Å²) in [6, 6.07) is 3.88. The third-order valence-corrected chi connectivity index (χ3v) is 3.20. The molecule has 2 N–H and O–H groups in total. The van der Waals surface area contributed by atoms with Crippen LogP contribution in [-0.2, 0) is 11.3 Å². The van der Waals surface area contributed by atoms with Gasteiger partial charge in [-0.2, -0.15) is 0 Å². The molecule has 2 heterocycles. The standard InChI is InChI=1S/C15H24N4O/c1-15(2,3)18-14(20)13-11-19(8-7-17-13)10-12-5-4-6-16-9-12/h4-6,9,13,17H,7-8,10-11H2,1-3H3,(H,18,20)/t13-/m0/s1. The molecule has 0 bridgehead atoms. The normalized spacial score (nSPS) is 20.6. The molecule has 1 aliphatic heterocycles. The van der Waals surface area contributed by atoms with Crippen molar-refractivity contribution in [3.8, 4) is 0 Å². The number of carbonyl (C=O) groups is 1. The van der Waals surface area contributed by atoms with Gasteiger partial charge in [-0.25, -0.2) is 0 Å². The number of carbonyl (C=O) groups excluding carboxylic acids is 1. The van der Waals surface area contributed by atoms with Gasteiger partial charge in [0.05, 0.1) is 6.04 Å². The number of amides is 1. The fourth-order valence-corrected chi connectivity index (χ4v) is 2.34. The lowest BCUT2D eigenvalue weighted by Gasteiger charge is -2.34. The van der Waals surface area contributed by atoms with Crippen molar-refractivity contribution in [1.29, 1.82) is 0 Å². The van der Waals surface area contributed by atoms with Gasteiger partial charge in [0.25, 0.3) is 0 Å². The summed E-state index contributed by atoms with van der Waals surface area (Å²) in [6.45, 7) is 9.37. The van der Waals surface area contributed by atoms with Gasteiger partial charge in [-0.3, -0.25) is 14.7 Å². The van der Waals surface area contributed by atoms with E-state index in [1.807, 2.05) is 33.0 Å². The molecule has 1 fully saturated rings. The van der Waals surface area contributed by atoms with Crippen molar-refractivity contribution in [2.24, 2.45) is 0 Å². The Hall–Kier alpha value is -1.46. The molecular weight excluding hydrogens is 252 g/mol. The van der Waals surface area contributed by atoms with E-state index in [0.717, 1.165) is 26.2 Å². The van der Waals surface area contributed by atoms with Crippen LogP contribution in [0, 0.1) is 0 Å². The molecule has 1 atom stereocenters. The van der Waals surface area contributed by atoms with E-state index in [-0.39, 0.29) is 17.5 Å². The molecule has 1 saturated heterocycles. The van der Waals surface area contributed by atoms with E-state index >= 15 is 0 Å². The van der Waals surface area contributed by atoms with Crippen molar-refractivity contribution in [2.45, 2.75) is 38.9 Å². The second kappa shape index (κ2) is 6.33. The van der Waals surface area contributed by atoms with Crippen molar-refractivity contribution < 1.29 is 4.79 Å². The van der Waals surface area contributed by atoms with Crippen LogP contribution >= 0.6 is 0 Å². The lowest BCUT2D eigenvalue weighted by Crippen LogP contribution is -2.59. The zero-order chi connectivity index (χ0) is 14.6. The molecule has 110 valence electrons. The Morgan fingerprint density at radius 1 is 1.55 bits per heavy atom. The molecule has 5 heteroatoms. The SMILES string of the molecule is CC(C)(C)NC(=O)[C@@H]1CN(Cc2cccnc2)CCN1. The highest BCUT2D eigenvalue weighted by Crippen LogP contribution is 2.08. The van der Waals surface area contributed by atoms with E-state index in [2.05, 4.69) is 26.6 Å². The number of pyridine rings is 1. The Morgan fingerprint density at radius 3 is 3.00 bits per heavy atom. The molecule has 20 heavy (non-hydrogen) atoms. The van der Waals surface area contributed by atoms with Crippen molar-refractivity contribution in [1.82, 2.24) is 20.5 Å². The molecule has 1 aromatic heterocycles. The summed E-state index contributed by atoms with van der Waals surface area (Å²) in [5, 5.41) is 6.32. The number of nitrogens with one attached hydrogen (secondary N) is 2. The Bertz CT molecular complexity index is 441. The van der Waals surface area contributed by atoms with E-state index in [1.165, 1.54) is 5.56 Å². The van der Waals surface area contributed by atoms with Crippen LogP contribution in [0.5, 0.6) is 0 Å². The van der Waals surface area contributed by atoms with Crippen LogP contribution in [0.15, 0.2) is 24.5 Å². The third-order valence-electron chi connectivity index (χ3n) is 3.20. The predicted molar refractivity (Wildman–Crippen MR) is 79.2 cm³/mol. The first-order valence-electron chi connectivity index (χ1n) is 7.11. The van der Waals surface area contributed by atoms with E-state index in [9.17, 15) is 4.79 Å². The highest BCUT2D eigenvalue weighted by molar-refractivity contribution is 5.82. The molecule has 0 saturated carbocycles. The average molecular weight is 276 g/mol. The summed E-state index contributed by atoms with van der Waals surface area (Å²) in [7, 11) is 0. The van der Waals surface area contributed by atoms with Gasteiger partial charge in [-0.15, -0.1) is 0 Å². The lowest BCUT2D eigenvalue weighted by atomic mass is 10.1. The van der Waals surface area contributed by atoms with Crippen molar-refractivity contribution in [3.63, 3.8) is 0 Å². The minimum atomic E-state index is -0.190. The maximum absolute atomic E-state index is 12.2. The molecule has 5 nitrogen and oxygen atoms in total. The maximum Gasteiger partial charge on any atom is 0.238 e. The Balaban J connectivity index is 1.90. The zero-order valence-corrected chi connectivity index (χ0v) is 12.5. The van der Waals surface area contributed by atoms with Gasteiger partial charge in [0.1, 0.15) is 0 Å². The molecule has 1 aliphatic rings. The smallest absolute Gasteiger partial charge is 0.238 e. The minimum absolute atomic E-state index is 0.0772. The van der Waals surface area contributed by atoms with Crippen LogP contribution in [0.1, 0.15) is 26.3 Å². The maximum atomic E-state index is 12.2. The fourth-order valence-electron chi connectivity index (χ4n) is 2.34. The molecule has 0 spiro atoms. The number of nitrogens with zero attached hydrogens (tertiary/aromatic N) is 2. The minimum Gasteiger partial charge on any atom is -0.350 e. The molecule has 0 aromatic carbocycles. The summed E-state index contributed by atoms with van der Waals surface area (Å²) in [5.41, 5.74) is 0.995. The average Bonchev–Trinajstić information content (AvgIpc) is 2.38. The first kappa shape index (κ1) is 14.9. The lowest BCUT2D eigenvalue weighted by molar-refractivity contribution is -0.125. The van der Waals surface area contributed by atoms with Gasteiger partial charge in [0, 0.05) is 44.1 Å². The number of piperazine rings is 1. The first-order valence-corrected chi connectivity index (χ1v) is 7.11. The highest BCUT2D eigenvalue weighted by Gasteiger charge is 2.27. The van der Waals surface area contributed by atoms with Crippen LogP contribution < -0.4 is 10.6 Å². The van der Waals surface area contributed by atoms with E-state index in [1.54, 1.807) is 6.20 Å². The number of hydrogen-bond acceptors (Lipinski definition) is 4. The van der Waals surface area contributed by atoms with Crippen molar-refractivity contribution in [3.05, 3.63) is 30.1 Å². The van der Waals surface area contributed by atoms with Crippen LogP contribution in [0.25, 0.3) is 0 Å². The van der Waals surface area contributed by atoms with E-state index in [4.69, 9.17) is 0 Å². The van der Waals surface area contributed by atoms with Crippen LogP contribution in [-0.4, -0.2) is 47.0 Å². The first-order chi connectivity index (χ1) is 9.44. The van der Waals surface area contributed by atoms with Gasteiger partial charge >= 0.3 is 0 Å². The Kier molecular flexibility index (Phi) is 4.73. The zero-order valence-electron chi connectivity index (χ0n) is 12.5. The summed E-state index contributed by atoms with van der Waals surface area (Å²) < 4.78 is 0. The molecule has 0 aliphatic carbocycles. The van der Waals surface area contributed by atoms with Gasteiger partial charge in [-0.05, 0) is 32.4 Å². The quantitative estimate of drug-likeness (QED) is 0.856. The number of aromatic nitrogens is 1. The third kappa shape index (κ3) is 4.58. The van der Waals surface area contributed by atoms with Gasteiger partial charge in [0.2, 0.25) is 5.91 Å². The summed E-state index contributed by atoms with van der Waals surface area (Å²) in [4.78, 5) is 18.6. The van der Waals surface area contributed by atoms with Gasteiger partial charge in [0.15, 0.2) is 0 Å². The molecule has 0 unspecified atom stereocenters. The topological polar surface area (TPSA) is 57.3 Å². The molecule has 0 radical (unpaired) electrons. The van der Waals surface area contributed by atoms with Crippen LogP contribution in [0.2, 0.25) is 0 Å². The van der Waals surface area contributed by atoms with Crippen LogP contribution in [0.3, 0.4) is 0 Å². The Labute approximate surface area is 120 Å². The monoisotopic (exact) mass is 276 g/mol. The van der Waals surface area contributed by atoms with E-state index in [0.29, 0.717) is 0 Å². The molecule has 1 aromatic rings. The second-order valence-corrected chi connectivity index (χ2v) is 6.34. The fraction of sp³-hybridized carbons (Fsp3) is 0.600. The summed E-state index contributed by atoms with van der Waals surface area (Å²) in [5.74, 6) is 0.0772. The number of hydrogen-bond donors (Lipinski definition) is 2. The summed E-state index contributed by atoms with van der Waals surface area (Å²) >= 11 is 0. The Morgan fingerprint density at radius 2 is 2.35 bits per heavy atom. The van der Waals surface area contributed by atoms with Crippen LogP contribution in [0.4, 0.5) is 0 Å². The highest BCUT2D eigenvalue weighted by atomic mass is 16.2. The second-order valence-electron chi connectivity index (χ2n) is 6.34. The largest absolute Gasteiger partial charge is 0.350 e.